The monoisotopic (exact) mass is 345 g/mol. The molecule has 0 spiro atoms. The van der Waals surface area contributed by atoms with Gasteiger partial charge in [0, 0.05) is 24.8 Å². The second kappa shape index (κ2) is 7.65. The number of para-hydroxylation sites is 1. The second-order valence-electron chi connectivity index (χ2n) is 6.94. The summed E-state index contributed by atoms with van der Waals surface area (Å²) in [6, 6.07) is 7.33. The van der Waals surface area contributed by atoms with Gasteiger partial charge in [-0.05, 0) is 25.0 Å². The minimum Gasteiger partial charge on any atom is -0.369 e. The molecule has 1 aliphatic heterocycles. The Morgan fingerprint density at radius 3 is 2.40 bits per heavy atom. The summed E-state index contributed by atoms with van der Waals surface area (Å²) in [5.74, 6) is -0.593. The molecule has 0 bridgehead atoms. The molecule has 1 aromatic rings. The van der Waals surface area contributed by atoms with Gasteiger partial charge in [0.1, 0.15) is 0 Å². The lowest BCUT2D eigenvalue weighted by molar-refractivity contribution is -0.897. The van der Waals surface area contributed by atoms with Crippen LogP contribution in [-0.4, -0.2) is 43.4 Å². The number of rotatable bonds is 6. The van der Waals surface area contributed by atoms with Crippen LogP contribution in [0.5, 0.6) is 0 Å². The maximum Gasteiger partial charge on any atom is 0.279 e. The lowest BCUT2D eigenvalue weighted by Gasteiger charge is -2.27. The van der Waals surface area contributed by atoms with Gasteiger partial charge in [-0.25, -0.2) is 0 Å². The fraction of sp³-hybridized carbons (Fsp3) is 0.500. The highest BCUT2D eigenvalue weighted by Gasteiger charge is 2.28. The van der Waals surface area contributed by atoms with Crippen molar-refractivity contribution in [2.45, 2.75) is 31.7 Å². The zero-order valence-corrected chi connectivity index (χ0v) is 14.2. The molecule has 1 aliphatic carbocycles. The molecule has 3 amide bonds. The largest absolute Gasteiger partial charge is 0.369 e. The summed E-state index contributed by atoms with van der Waals surface area (Å²) in [4.78, 5) is 37.0. The van der Waals surface area contributed by atoms with Crippen molar-refractivity contribution in [3.05, 3.63) is 29.8 Å². The fourth-order valence-corrected chi connectivity index (χ4v) is 3.19. The Morgan fingerprint density at radius 1 is 1.08 bits per heavy atom. The van der Waals surface area contributed by atoms with Gasteiger partial charge in [-0.3, -0.25) is 14.4 Å². The molecule has 3 rings (SSSR count). The van der Waals surface area contributed by atoms with Crippen LogP contribution in [0.3, 0.4) is 0 Å². The number of likely N-dealkylation sites (tertiary alicyclic amines) is 1. The summed E-state index contributed by atoms with van der Waals surface area (Å²) in [5, 5.41) is 5.80. The quantitative estimate of drug-likeness (QED) is 0.548. The van der Waals surface area contributed by atoms with Crippen molar-refractivity contribution in [1.29, 1.82) is 0 Å². The number of carbonyl (C=O) groups is 3. The molecule has 5 N–H and O–H groups in total. The van der Waals surface area contributed by atoms with Crippen molar-refractivity contribution in [2.24, 2.45) is 11.7 Å². The summed E-state index contributed by atoms with van der Waals surface area (Å²) in [7, 11) is 0. The predicted octanol–water partition coefficient (Wildman–Crippen LogP) is -0.702. The van der Waals surface area contributed by atoms with Crippen molar-refractivity contribution in [3.63, 3.8) is 0 Å². The highest BCUT2D eigenvalue weighted by Crippen LogP contribution is 2.21. The standard InChI is InChI=1S/C18H24N4O3/c19-17(24)12-7-9-22(10-8-12)11-16(23)21-15-4-2-1-3-14(15)18(25)20-13-5-6-13/h1-4,12-13H,5-11H2,(H2,19,24)(H,20,25)(H,21,23)/p+1. The number of primary amides is 1. The minimum atomic E-state index is -0.251. The molecule has 2 aliphatic rings. The van der Waals surface area contributed by atoms with Gasteiger partial charge in [0.05, 0.1) is 24.3 Å². The Morgan fingerprint density at radius 2 is 1.76 bits per heavy atom. The summed E-state index contributed by atoms with van der Waals surface area (Å²) in [5.41, 5.74) is 6.36. The van der Waals surface area contributed by atoms with Crippen molar-refractivity contribution >= 4 is 23.4 Å². The lowest BCUT2D eigenvalue weighted by Crippen LogP contribution is -3.14. The van der Waals surface area contributed by atoms with Gasteiger partial charge in [-0.1, -0.05) is 12.1 Å². The highest BCUT2D eigenvalue weighted by atomic mass is 16.2. The summed E-state index contributed by atoms with van der Waals surface area (Å²) >= 11 is 0. The third kappa shape index (κ3) is 4.79. The molecule has 1 aromatic carbocycles. The molecular formula is C18H25N4O3+. The Bertz CT molecular complexity index is 664. The number of hydrogen-bond acceptors (Lipinski definition) is 3. The molecule has 7 nitrogen and oxygen atoms in total. The van der Waals surface area contributed by atoms with E-state index >= 15 is 0 Å². The molecule has 0 atom stereocenters. The first-order valence-electron chi connectivity index (χ1n) is 8.85. The van der Waals surface area contributed by atoms with Gasteiger partial charge in [-0.15, -0.1) is 0 Å². The lowest BCUT2D eigenvalue weighted by atomic mass is 9.96. The number of amides is 3. The van der Waals surface area contributed by atoms with E-state index < -0.39 is 0 Å². The molecule has 0 unspecified atom stereocenters. The van der Waals surface area contributed by atoms with E-state index in [0.717, 1.165) is 43.7 Å². The Kier molecular flexibility index (Phi) is 5.33. The minimum absolute atomic E-state index is 0.0707. The van der Waals surface area contributed by atoms with Crippen LogP contribution in [0.1, 0.15) is 36.0 Å². The molecule has 1 saturated heterocycles. The van der Waals surface area contributed by atoms with E-state index in [2.05, 4.69) is 10.6 Å². The molecule has 2 fully saturated rings. The van der Waals surface area contributed by atoms with E-state index in [1.165, 1.54) is 0 Å². The first-order valence-corrected chi connectivity index (χ1v) is 8.85. The van der Waals surface area contributed by atoms with Gasteiger partial charge in [0.25, 0.3) is 11.8 Å². The number of quaternary nitrogens is 1. The number of anilines is 1. The van der Waals surface area contributed by atoms with E-state index in [4.69, 9.17) is 5.73 Å². The summed E-state index contributed by atoms with van der Waals surface area (Å²) < 4.78 is 0. The van der Waals surface area contributed by atoms with Crippen LogP contribution >= 0.6 is 0 Å². The van der Waals surface area contributed by atoms with Crippen LogP contribution in [0.25, 0.3) is 0 Å². The molecule has 0 radical (unpaired) electrons. The zero-order chi connectivity index (χ0) is 17.8. The Hall–Kier alpha value is -2.41. The SMILES string of the molecule is NC(=O)C1CC[NH+](CC(=O)Nc2ccccc2C(=O)NC2CC2)CC1. The predicted molar refractivity (Wildman–Crippen MR) is 93.0 cm³/mol. The number of benzene rings is 1. The van der Waals surface area contributed by atoms with Crippen molar-refractivity contribution < 1.29 is 19.3 Å². The summed E-state index contributed by atoms with van der Waals surface area (Å²) in [6.45, 7) is 1.83. The van der Waals surface area contributed by atoms with Crippen molar-refractivity contribution in [3.8, 4) is 0 Å². The maximum atomic E-state index is 12.4. The second-order valence-corrected chi connectivity index (χ2v) is 6.94. The van der Waals surface area contributed by atoms with Crippen molar-refractivity contribution in [2.75, 3.05) is 25.0 Å². The average molecular weight is 345 g/mol. The Balaban J connectivity index is 1.54. The maximum absolute atomic E-state index is 12.4. The van der Waals surface area contributed by atoms with Crippen LogP contribution in [0.15, 0.2) is 24.3 Å². The van der Waals surface area contributed by atoms with Gasteiger partial charge >= 0.3 is 0 Å². The van der Waals surface area contributed by atoms with E-state index in [-0.39, 0.29) is 29.7 Å². The normalized spacial score (nSPS) is 22.9. The third-order valence-corrected chi connectivity index (χ3v) is 4.86. The van der Waals surface area contributed by atoms with E-state index in [0.29, 0.717) is 17.8 Å². The third-order valence-electron chi connectivity index (χ3n) is 4.86. The number of hydrogen-bond donors (Lipinski definition) is 4. The fourth-order valence-electron chi connectivity index (χ4n) is 3.19. The molecule has 1 heterocycles. The first kappa shape index (κ1) is 17.4. The van der Waals surface area contributed by atoms with Crippen LogP contribution in [0, 0.1) is 5.92 Å². The molecule has 134 valence electrons. The van der Waals surface area contributed by atoms with E-state index in [1.807, 2.05) is 0 Å². The van der Waals surface area contributed by atoms with E-state index in [9.17, 15) is 14.4 Å². The number of piperidine rings is 1. The Labute approximate surface area is 146 Å². The van der Waals surface area contributed by atoms with Gasteiger partial charge in [0.15, 0.2) is 6.54 Å². The highest BCUT2D eigenvalue weighted by molar-refractivity contribution is 6.04. The summed E-state index contributed by atoms with van der Waals surface area (Å²) in [6.07, 6.45) is 3.48. The first-order chi connectivity index (χ1) is 12.0. The van der Waals surface area contributed by atoms with Crippen molar-refractivity contribution in [1.82, 2.24) is 5.32 Å². The van der Waals surface area contributed by atoms with Gasteiger partial charge < -0.3 is 21.3 Å². The number of nitrogens with two attached hydrogens (primary N) is 1. The molecule has 1 saturated carbocycles. The molecular weight excluding hydrogens is 320 g/mol. The molecule has 25 heavy (non-hydrogen) atoms. The van der Waals surface area contributed by atoms with Gasteiger partial charge in [-0.2, -0.15) is 0 Å². The van der Waals surface area contributed by atoms with E-state index in [1.54, 1.807) is 24.3 Å². The number of nitrogens with one attached hydrogen (secondary N) is 3. The number of carbonyl (C=O) groups excluding carboxylic acids is 3. The van der Waals surface area contributed by atoms with Crippen LogP contribution < -0.4 is 21.3 Å². The molecule has 7 heteroatoms. The van der Waals surface area contributed by atoms with Crippen LogP contribution in [-0.2, 0) is 9.59 Å². The van der Waals surface area contributed by atoms with Gasteiger partial charge in [0.2, 0.25) is 5.91 Å². The van der Waals surface area contributed by atoms with Crippen LogP contribution in [0.2, 0.25) is 0 Å². The average Bonchev–Trinajstić information content (AvgIpc) is 3.39. The smallest absolute Gasteiger partial charge is 0.279 e. The molecule has 0 aromatic heterocycles. The zero-order valence-electron chi connectivity index (χ0n) is 14.2. The topological polar surface area (TPSA) is 106 Å². The van der Waals surface area contributed by atoms with Crippen LogP contribution in [0.4, 0.5) is 5.69 Å².